The Bertz CT molecular complexity index is 101. The molecule has 0 aromatic rings. The minimum atomic E-state index is 0.744. The third-order valence-electron chi connectivity index (χ3n) is 0.699. The molecule has 40 valence electrons. The summed E-state index contributed by atoms with van der Waals surface area (Å²) in [5.74, 6) is 1.61. The highest BCUT2D eigenvalue weighted by atomic mass is 32.2. The number of nitrogens with zero attached hydrogens (tertiary/aromatic N) is 1. The lowest BCUT2D eigenvalue weighted by Crippen LogP contribution is -2.12. The maximum Gasteiger partial charge on any atom is 0.116 e. The third kappa shape index (κ3) is 0.978. The van der Waals surface area contributed by atoms with Gasteiger partial charge >= 0.3 is 0 Å². The lowest BCUT2D eigenvalue weighted by atomic mass is 10.8. The van der Waals surface area contributed by atoms with Crippen molar-refractivity contribution in [1.82, 2.24) is 4.31 Å². The zero-order chi connectivity index (χ0) is 5.28. The second-order valence-electron chi connectivity index (χ2n) is 1.24. The molecule has 1 rings (SSSR count). The lowest BCUT2D eigenvalue weighted by Gasteiger charge is -2.06. The first-order chi connectivity index (χ1) is 3.30. The quantitative estimate of drug-likeness (QED) is 0.475. The molecular weight excluding hydrogens is 128 g/mol. The zero-order valence-corrected chi connectivity index (χ0v) is 5.38. The van der Waals surface area contributed by atoms with E-state index in [1.54, 1.807) is 16.1 Å². The molecule has 0 aromatic heterocycles. The van der Waals surface area contributed by atoms with E-state index in [0.29, 0.717) is 0 Å². The highest BCUT2D eigenvalue weighted by Crippen LogP contribution is 2.19. The van der Waals surface area contributed by atoms with Crippen LogP contribution in [0.25, 0.3) is 0 Å². The van der Waals surface area contributed by atoms with Gasteiger partial charge in [0.05, 0.1) is 5.88 Å². The van der Waals surface area contributed by atoms with Crippen molar-refractivity contribution in [3.8, 4) is 0 Å². The van der Waals surface area contributed by atoms with E-state index in [2.05, 4.69) is 12.8 Å². The highest BCUT2D eigenvalue weighted by Gasteiger charge is 2.05. The summed E-state index contributed by atoms with van der Waals surface area (Å²) < 4.78 is 1.70. The topological polar surface area (TPSA) is 29.3 Å². The van der Waals surface area contributed by atoms with Crippen LogP contribution in [0.3, 0.4) is 0 Å². The second kappa shape index (κ2) is 1.88. The van der Waals surface area contributed by atoms with Gasteiger partial charge in [0.1, 0.15) is 5.82 Å². The molecule has 0 bridgehead atoms. The van der Waals surface area contributed by atoms with E-state index in [1.165, 1.54) is 0 Å². The fraction of sp³-hybridized carbons (Fsp3) is 0.333. The molecule has 0 atom stereocenters. The van der Waals surface area contributed by atoms with E-state index in [9.17, 15) is 0 Å². The Labute approximate surface area is 52.3 Å². The largest absolute Gasteiger partial charge is 0.384 e. The van der Waals surface area contributed by atoms with Gasteiger partial charge in [0.15, 0.2) is 0 Å². The van der Waals surface area contributed by atoms with Crippen LogP contribution in [-0.2, 0) is 0 Å². The molecule has 1 aliphatic rings. The molecule has 0 aliphatic carbocycles. The zero-order valence-electron chi connectivity index (χ0n) is 3.66. The number of thioether (sulfide) groups is 1. The molecule has 7 heavy (non-hydrogen) atoms. The standard InChI is InChI=1S/C3H6N2S2/c4-3-1-7-2-5(3)6/h1,6H,2,4H2. The number of hydrogen-bond donors (Lipinski definition) is 2. The predicted molar refractivity (Wildman–Crippen MR) is 35.6 cm³/mol. The third-order valence-corrected chi connectivity index (χ3v) is 2.08. The minimum Gasteiger partial charge on any atom is -0.384 e. The van der Waals surface area contributed by atoms with Crippen LogP contribution < -0.4 is 5.73 Å². The number of thiol groups is 1. The van der Waals surface area contributed by atoms with Crippen molar-refractivity contribution in [2.75, 3.05) is 5.88 Å². The average Bonchev–Trinajstić information content (AvgIpc) is 1.91. The molecule has 0 unspecified atom stereocenters. The number of nitrogens with two attached hydrogens (primary N) is 1. The second-order valence-corrected chi connectivity index (χ2v) is 2.55. The molecule has 0 saturated carbocycles. The summed E-state index contributed by atoms with van der Waals surface area (Å²) in [5, 5.41) is 1.88. The maximum absolute atomic E-state index is 5.37. The van der Waals surface area contributed by atoms with Gasteiger partial charge in [0.2, 0.25) is 0 Å². The predicted octanol–water partition coefficient (Wildman–Crippen LogP) is 0.595. The highest BCUT2D eigenvalue weighted by molar-refractivity contribution is 8.02. The number of hydrogen-bond acceptors (Lipinski definition) is 4. The molecule has 0 fully saturated rings. The van der Waals surface area contributed by atoms with Gasteiger partial charge < -0.3 is 5.73 Å². The van der Waals surface area contributed by atoms with Gasteiger partial charge in [-0.2, -0.15) is 0 Å². The van der Waals surface area contributed by atoms with E-state index >= 15 is 0 Å². The first kappa shape index (κ1) is 5.18. The van der Waals surface area contributed by atoms with Crippen molar-refractivity contribution in [2.45, 2.75) is 0 Å². The summed E-state index contributed by atoms with van der Waals surface area (Å²) in [4.78, 5) is 0. The molecule has 0 amide bonds. The minimum absolute atomic E-state index is 0.744. The summed E-state index contributed by atoms with van der Waals surface area (Å²) in [5.41, 5.74) is 5.37. The monoisotopic (exact) mass is 134 g/mol. The molecule has 0 radical (unpaired) electrons. The molecule has 1 heterocycles. The van der Waals surface area contributed by atoms with E-state index in [0.717, 1.165) is 11.7 Å². The molecule has 0 aromatic carbocycles. The van der Waals surface area contributed by atoms with Crippen LogP contribution in [-0.4, -0.2) is 10.2 Å². The molecule has 0 saturated heterocycles. The van der Waals surface area contributed by atoms with Gasteiger partial charge in [-0.05, 0) is 0 Å². The van der Waals surface area contributed by atoms with Gasteiger partial charge in [0.25, 0.3) is 0 Å². The molecule has 2 N–H and O–H groups in total. The van der Waals surface area contributed by atoms with Crippen LogP contribution in [0.5, 0.6) is 0 Å². The summed E-state index contributed by atoms with van der Waals surface area (Å²) in [6, 6.07) is 0. The maximum atomic E-state index is 5.37. The fourth-order valence-corrected chi connectivity index (χ4v) is 1.33. The Morgan fingerprint density at radius 1 is 2.00 bits per heavy atom. The molecule has 2 nitrogen and oxygen atoms in total. The van der Waals surface area contributed by atoms with Crippen LogP contribution in [0, 0.1) is 0 Å². The molecule has 0 spiro atoms. The molecule has 4 heteroatoms. The normalized spacial score (nSPS) is 20.1. The van der Waals surface area contributed by atoms with Gasteiger partial charge in [-0.3, -0.25) is 4.31 Å². The smallest absolute Gasteiger partial charge is 0.116 e. The summed E-state index contributed by atoms with van der Waals surface area (Å²) in [6.07, 6.45) is 0. The van der Waals surface area contributed by atoms with Crippen LogP contribution in [0.4, 0.5) is 0 Å². The first-order valence-electron chi connectivity index (χ1n) is 1.84. The van der Waals surface area contributed by atoms with E-state index in [1.807, 2.05) is 5.41 Å². The molecule has 1 aliphatic heterocycles. The fourth-order valence-electron chi connectivity index (χ4n) is 0.329. The van der Waals surface area contributed by atoms with Crippen molar-refractivity contribution in [1.29, 1.82) is 0 Å². The van der Waals surface area contributed by atoms with E-state index < -0.39 is 0 Å². The van der Waals surface area contributed by atoms with Crippen molar-refractivity contribution >= 4 is 24.6 Å². The van der Waals surface area contributed by atoms with Crippen molar-refractivity contribution in [3.05, 3.63) is 11.2 Å². The Kier molecular flexibility index (Phi) is 1.39. The van der Waals surface area contributed by atoms with Gasteiger partial charge in [-0.15, -0.1) is 11.8 Å². The van der Waals surface area contributed by atoms with Gasteiger partial charge in [0, 0.05) is 5.41 Å². The van der Waals surface area contributed by atoms with Crippen LogP contribution in [0.15, 0.2) is 11.2 Å². The van der Waals surface area contributed by atoms with Gasteiger partial charge in [-0.1, -0.05) is 12.8 Å². The van der Waals surface area contributed by atoms with Crippen LogP contribution in [0.2, 0.25) is 0 Å². The Morgan fingerprint density at radius 3 is 2.86 bits per heavy atom. The van der Waals surface area contributed by atoms with Crippen LogP contribution >= 0.6 is 24.6 Å². The van der Waals surface area contributed by atoms with Crippen molar-refractivity contribution in [3.63, 3.8) is 0 Å². The van der Waals surface area contributed by atoms with E-state index in [-0.39, 0.29) is 0 Å². The van der Waals surface area contributed by atoms with E-state index in [4.69, 9.17) is 5.73 Å². The Morgan fingerprint density at radius 2 is 2.71 bits per heavy atom. The van der Waals surface area contributed by atoms with Crippen molar-refractivity contribution in [2.24, 2.45) is 5.73 Å². The molecular formula is C3H6N2S2. The summed E-state index contributed by atoms with van der Waals surface area (Å²) in [6.45, 7) is 0. The Balaban J connectivity index is 2.54. The lowest BCUT2D eigenvalue weighted by molar-refractivity contribution is 0.691. The number of rotatable bonds is 0. The Hall–Kier alpha value is 0.0400. The average molecular weight is 134 g/mol. The van der Waals surface area contributed by atoms with Crippen molar-refractivity contribution < 1.29 is 0 Å². The summed E-state index contributed by atoms with van der Waals surface area (Å²) >= 11 is 5.66. The SMILES string of the molecule is NC1=CSCN1S. The summed E-state index contributed by atoms with van der Waals surface area (Å²) in [7, 11) is 0. The van der Waals surface area contributed by atoms with Crippen LogP contribution in [0.1, 0.15) is 0 Å². The van der Waals surface area contributed by atoms with Gasteiger partial charge in [-0.25, -0.2) is 0 Å². The first-order valence-corrected chi connectivity index (χ1v) is 3.29.